The number of amides is 1. The van der Waals surface area contributed by atoms with Gasteiger partial charge in [-0.25, -0.2) is 0 Å². The summed E-state index contributed by atoms with van der Waals surface area (Å²) in [6.45, 7) is 8.23. The van der Waals surface area contributed by atoms with E-state index >= 15 is 0 Å². The SMILES string of the molecule is CCCCCOc1ccc(C2/C(=C(\O)c3ccc(OCCC)cc3C)C(=O)C(=O)N2CCN(C)C)cc1. The Morgan fingerprint density at radius 2 is 1.62 bits per heavy atom. The number of hydrogen-bond acceptors (Lipinski definition) is 6. The maximum atomic E-state index is 13.3. The minimum atomic E-state index is -0.690. The van der Waals surface area contributed by atoms with Crippen LogP contribution < -0.4 is 9.47 Å². The molecule has 0 spiro atoms. The van der Waals surface area contributed by atoms with E-state index in [9.17, 15) is 14.7 Å². The normalized spacial score (nSPS) is 17.0. The van der Waals surface area contributed by atoms with Crippen LogP contribution in [0.15, 0.2) is 48.0 Å². The number of likely N-dealkylation sites (tertiary alicyclic amines) is 1. The molecule has 2 aromatic carbocycles. The molecule has 1 atom stereocenters. The van der Waals surface area contributed by atoms with E-state index in [1.807, 2.05) is 63.2 Å². The van der Waals surface area contributed by atoms with Crippen molar-refractivity contribution in [3.63, 3.8) is 0 Å². The van der Waals surface area contributed by atoms with Crippen molar-refractivity contribution in [2.45, 2.75) is 52.5 Å². The number of aliphatic hydroxyl groups excluding tert-OH is 1. The van der Waals surface area contributed by atoms with Gasteiger partial charge in [-0.15, -0.1) is 0 Å². The largest absolute Gasteiger partial charge is 0.507 e. The van der Waals surface area contributed by atoms with E-state index in [0.29, 0.717) is 37.6 Å². The molecule has 1 fully saturated rings. The number of Topliss-reactive ketones (excluding diaryl/α,β-unsaturated/α-hetero) is 1. The molecule has 7 heteroatoms. The molecule has 7 nitrogen and oxygen atoms in total. The third-order valence-corrected chi connectivity index (χ3v) is 6.47. The fourth-order valence-electron chi connectivity index (χ4n) is 4.41. The number of aryl methyl sites for hydroxylation is 1. The predicted octanol–water partition coefficient (Wildman–Crippen LogP) is 5.34. The van der Waals surface area contributed by atoms with Crippen molar-refractivity contribution in [2.75, 3.05) is 40.4 Å². The van der Waals surface area contributed by atoms with Crippen LogP contribution in [0.5, 0.6) is 11.5 Å². The second kappa shape index (κ2) is 13.3. The number of aliphatic hydroxyl groups is 1. The van der Waals surface area contributed by atoms with E-state index in [4.69, 9.17) is 9.47 Å². The van der Waals surface area contributed by atoms with Gasteiger partial charge in [0.15, 0.2) is 0 Å². The molecular weight excluding hydrogens is 468 g/mol. The summed E-state index contributed by atoms with van der Waals surface area (Å²) in [5.41, 5.74) is 2.13. The summed E-state index contributed by atoms with van der Waals surface area (Å²) >= 11 is 0. The van der Waals surface area contributed by atoms with Crippen LogP contribution in [0.3, 0.4) is 0 Å². The molecule has 37 heavy (non-hydrogen) atoms. The Hall–Kier alpha value is -3.32. The first kappa shape index (κ1) is 28.3. The Balaban J connectivity index is 2.00. The van der Waals surface area contributed by atoms with Gasteiger partial charge in [-0.05, 0) is 75.3 Å². The maximum absolute atomic E-state index is 13.3. The summed E-state index contributed by atoms with van der Waals surface area (Å²) < 4.78 is 11.6. The minimum absolute atomic E-state index is 0.102. The lowest BCUT2D eigenvalue weighted by Gasteiger charge is -2.27. The van der Waals surface area contributed by atoms with Gasteiger partial charge in [0.2, 0.25) is 0 Å². The number of unbranched alkanes of at least 4 members (excludes halogenated alkanes) is 2. The summed E-state index contributed by atoms with van der Waals surface area (Å²) in [5.74, 6) is -0.00661. The zero-order valence-corrected chi connectivity index (χ0v) is 22.8. The van der Waals surface area contributed by atoms with Gasteiger partial charge in [-0.1, -0.05) is 38.8 Å². The number of carbonyl (C=O) groups excluding carboxylic acids is 2. The first-order chi connectivity index (χ1) is 17.8. The van der Waals surface area contributed by atoms with E-state index in [2.05, 4.69) is 6.92 Å². The minimum Gasteiger partial charge on any atom is -0.507 e. The van der Waals surface area contributed by atoms with E-state index in [1.165, 1.54) is 0 Å². The highest BCUT2D eigenvalue weighted by Gasteiger charge is 2.46. The summed E-state index contributed by atoms with van der Waals surface area (Å²) in [6, 6.07) is 12.1. The average molecular weight is 509 g/mol. The molecule has 1 aliphatic rings. The number of likely N-dealkylation sites (N-methyl/N-ethyl adjacent to an activating group) is 1. The van der Waals surface area contributed by atoms with Crippen LogP contribution in [0.2, 0.25) is 0 Å². The molecule has 3 rings (SSSR count). The van der Waals surface area contributed by atoms with E-state index in [-0.39, 0.29) is 11.3 Å². The Labute approximate surface area is 220 Å². The number of ketones is 1. The molecule has 1 heterocycles. The molecule has 0 saturated carbocycles. The van der Waals surface area contributed by atoms with Gasteiger partial charge in [0.1, 0.15) is 17.3 Å². The molecule has 1 saturated heterocycles. The Morgan fingerprint density at radius 1 is 0.946 bits per heavy atom. The van der Waals surface area contributed by atoms with Crippen LogP contribution in [0.1, 0.15) is 62.3 Å². The number of rotatable bonds is 13. The second-order valence-electron chi connectivity index (χ2n) is 9.75. The van der Waals surface area contributed by atoms with Gasteiger partial charge in [-0.3, -0.25) is 9.59 Å². The quantitative estimate of drug-likeness (QED) is 0.170. The van der Waals surface area contributed by atoms with E-state index in [0.717, 1.165) is 42.6 Å². The molecular formula is C30H40N2O5. The highest BCUT2D eigenvalue weighted by Crippen LogP contribution is 2.40. The summed E-state index contributed by atoms with van der Waals surface area (Å²) in [4.78, 5) is 29.9. The average Bonchev–Trinajstić information content (AvgIpc) is 3.13. The first-order valence-corrected chi connectivity index (χ1v) is 13.2. The number of carbonyl (C=O) groups is 2. The van der Waals surface area contributed by atoms with Crippen LogP contribution in [0.25, 0.3) is 5.76 Å². The fourth-order valence-corrected chi connectivity index (χ4v) is 4.41. The van der Waals surface area contributed by atoms with Crippen molar-refractivity contribution in [3.8, 4) is 11.5 Å². The molecule has 1 N–H and O–H groups in total. The number of ether oxygens (including phenoxy) is 2. The molecule has 0 aliphatic carbocycles. The van der Waals surface area contributed by atoms with Crippen molar-refractivity contribution >= 4 is 17.4 Å². The number of nitrogens with zero attached hydrogens (tertiary/aromatic N) is 2. The van der Waals surface area contributed by atoms with Gasteiger partial charge in [0.05, 0.1) is 24.8 Å². The van der Waals surface area contributed by atoms with Gasteiger partial charge in [-0.2, -0.15) is 0 Å². The lowest BCUT2D eigenvalue weighted by molar-refractivity contribution is -0.140. The lowest BCUT2D eigenvalue weighted by atomic mass is 9.94. The van der Waals surface area contributed by atoms with Gasteiger partial charge >= 0.3 is 0 Å². The molecule has 0 bridgehead atoms. The highest BCUT2D eigenvalue weighted by atomic mass is 16.5. The molecule has 1 unspecified atom stereocenters. The molecule has 2 aromatic rings. The van der Waals surface area contributed by atoms with Crippen LogP contribution >= 0.6 is 0 Å². The Kier molecular flexibility index (Phi) is 10.1. The summed E-state index contributed by atoms with van der Waals surface area (Å²) in [6.07, 6.45) is 4.12. The van der Waals surface area contributed by atoms with Crippen molar-refractivity contribution < 1.29 is 24.2 Å². The highest BCUT2D eigenvalue weighted by molar-refractivity contribution is 6.46. The van der Waals surface area contributed by atoms with E-state index < -0.39 is 17.7 Å². The number of hydrogen-bond donors (Lipinski definition) is 1. The van der Waals surface area contributed by atoms with Gasteiger partial charge < -0.3 is 24.4 Å². The van der Waals surface area contributed by atoms with Crippen molar-refractivity contribution in [1.29, 1.82) is 0 Å². The second-order valence-corrected chi connectivity index (χ2v) is 9.75. The molecule has 200 valence electrons. The topological polar surface area (TPSA) is 79.3 Å². The smallest absolute Gasteiger partial charge is 0.295 e. The third kappa shape index (κ3) is 6.92. The van der Waals surface area contributed by atoms with Crippen LogP contribution in [0.4, 0.5) is 0 Å². The first-order valence-electron chi connectivity index (χ1n) is 13.2. The molecule has 1 aliphatic heterocycles. The predicted molar refractivity (Wildman–Crippen MR) is 146 cm³/mol. The van der Waals surface area contributed by atoms with Crippen LogP contribution in [-0.2, 0) is 9.59 Å². The summed E-state index contributed by atoms with van der Waals surface area (Å²) in [7, 11) is 3.84. The zero-order valence-electron chi connectivity index (χ0n) is 22.8. The monoisotopic (exact) mass is 508 g/mol. The molecule has 0 aromatic heterocycles. The number of benzene rings is 2. The molecule has 0 radical (unpaired) electrons. The van der Waals surface area contributed by atoms with E-state index in [1.54, 1.807) is 17.0 Å². The van der Waals surface area contributed by atoms with Crippen molar-refractivity contribution in [1.82, 2.24) is 9.80 Å². The standard InChI is InChI=1S/C30H40N2O5/c1-6-8-9-19-37-23-12-10-22(11-13-23)27-26(29(34)30(35)32(27)17-16-31(4)5)28(33)25-15-14-24(20-21(25)3)36-18-7-2/h10-15,20,27,33H,6-9,16-19H2,1-5H3/b28-26+. The van der Waals surface area contributed by atoms with Crippen LogP contribution in [-0.4, -0.2) is 67.0 Å². The Bertz CT molecular complexity index is 1110. The molecule has 1 amide bonds. The van der Waals surface area contributed by atoms with Crippen LogP contribution in [0, 0.1) is 6.92 Å². The van der Waals surface area contributed by atoms with Crippen molar-refractivity contribution in [3.05, 3.63) is 64.7 Å². The maximum Gasteiger partial charge on any atom is 0.295 e. The Morgan fingerprint density at radius 3 is 2.24 bits per heavy atom. The van der Waals surface area contributed by atoms with Gasteiger partial charge in [0.25, 0.3) is 11.7 Å². The summed E-state index contributed by atoms with van der Waals surface area (Å²) in [5, 5.41) is 11.4. The lowest BCUT2D eigenvalue weighted by Crippen LogP contribution is -2.35. The fraction of sp³-hybridized carbons (Fsp3) is 0.467. The van der Waals surface area contributed by atoms with Gasteiger partial charge in [0, 0.05) is 18.7 Å². The zero-order chi connectivity index (χ0) is 26.9. The van der Waals surface area contributed by atoms with Crippen molar-refractivity contribution in [2.24, 2.45) is 0 Å². The third-order valence-electron chi connectivity index (χ3n) is 6.47.